The molecule has 3 rings (SSSR count). The van der Waals surface area contributed by atoms with Crippen LogP contribution in [0, 0.1) is 13.8 Å². The number of unbranched alkanes of at least 4 members (excludes halogenated alkanes) is 4. The molecule has 2 aromatic rings. The predicted molar refractivity (Wildman–Crippen MR) is 102 cm³/mol. The summed E-state index contributed by atoms with van der Waals surface area (Å²) >= 11 is 0. The first-order valence-electron chi connectivity index (χ1n) is 9.55. The van der Waals surface area contributed by atoms with Crippen molar-refractivity contribution >= 4 is 5.90 Å². The Bertz CT molecular complexity index is 737. The maximum Gasteiger partial charge on any atom is 0.216 e. The number of rotatable bonds is 10. The number of benzene rings is 1. The van der Waals surface area contributed by atoms with Crippen molar-refractivity contribution in [3.63, 3.8) is 0 Å². The van der Waals surface area contributed by atoms with Gasteiger partial charge in [-0.2, -0.15) is 0 Å². The van der Waals surface area contributed by atoms with Crippen LogP contribution in [0.2, 0.25) is 0 Å². The number of aromatic nitrogens is 1. The van der Waals surface area contributed by atoms with Crippen LogP contribution < -0.4 is 4.74 Å². The highest BCUT2D eigenvalue weighted by Crippen LogP contribution is 2.21. The van der Waals surface area contributed by atoms with E-state index >= 15 is 0 Å². The summed E-state index contributed by atoms with van der Waals surface area (Å²) in [5, 5.41) is 3.91. The second-order valence-corrected chi connectivity index (χ2v) is 6.82. The third kappa shape index (κ3) is 5.35. The van der Waals surface area contributed by atoms with Crippen molar-refractivity contribution < 1.29 is 14.0 Å². The number of hydrogen-bond donors (Lipinski definition) is 0. The van der Waals surface area contributed by atoms with Crippen molar-refractivity contribution in [3.8, 4) is 5.75 Å². The van der Waals surface area contributed by atoms with Gasteiger partial charge in [0.1, 0.15) is 18.1 Å². The summed E-state index contributed by atoms with van der Waals surface area (Å²) in [5.41, 5.74) is 3.13. The Kier molecular flexibility index (Phi) is 6.69. The summed E-state index contributed by atoms with van der Waals surface area (Å²) < 4.78 is 16.7. The molecule has 0 atom stereocenters. The lowest BCUT2D eigenvalue weighted by molar-refractivity contribution is 0.302. The molecule has 0 unspecified atom stereocenters. The normalized spacial score (nSPS) is 13.5. The van der Waals surface area contributed by atoms with Crippen molar-refractivity contribution in [2.45, 2.75) is 52.4 Å². The number of hydrogen-bond acceptors (Lipinski definition) is 5. The lowest BCUT2D eigenvalue weighted by atomic mass is 10.1. The molecular formula is C21H28N2O3. The number of aryl methyl sites for hydroxylation is 3. The van der Waals surface area contributed by atoms with E-state index in [9.17, 15) is 0 Å². The molecule has 0 saturated carbocycles. The molecule has 1 aromatic heterocycles. The van der Waals surface area contributed by atoms with E-state index in [-0.39, 0.29) is 0 Å². The summed E-state index contributed by atoms with van der Waals surface area (Å²) in [7, 11) is 0. The first-order chi connectivity index (χ1) is 12.7. The Morgan fingerprint density at radius 1 is 1.04 bits per heavy atom. The number of nitrogens with zero attached hydrogens (tertiary/aromatic N) is 2. The maximum absolute atomic E-state index is 5.93. The predicted octanol–water partition coefficient (Wildman–Crippen LogP) is 4.64. The van der Waals surface area contributed by atoms with Gasteiger partial charge in [0.25, 0.3) is 0 Å². The molecule has 0 spiro atoms. The van der Waals surface area contributed by atoms with Crippen molar-refractivity contribution in [2.75, 3.05) is 19.8 Å². The Balaban J connectivity index is 1.29. The van der Waals surface area contributed by atoms with E-state index in [1.807, 2.05) is 25.1 Å². The minimum Gasteiger partial charge on any atom is -0.493 e. The SMILES string of the molecule is Cc1cc(CCCCCCCOc2ccc(C3=NCCO3)cc2C)on1. The average molecular weight is 356 g/mol. The number of aliphatic imine (C=N–C) groups is 1. The van der Waals surface area contributed by atoms with Crippen LogP contribution >= 0.6 is 0 Å². The average Bonchev–Trinajstić information content (AvgIpc) is 3.30. The van der Waals surface area contributed by atoms with Crippen LogP contribution in [0.4, 0.5) is 0 Å². The van der Waals surface area contributed by atoms with Gasteiger partial charge >= 0.3 is 0 Å². The molecule has 0 amide bonds. The van der Waals surface area contributed by atoms with Gasteiger partial charge in [-0.1, -0.05) is 24.4 Å². The van der Waals surface area contributed by atoms with Gasteiger partial charge in [-0.25, -0.2) is 4.99 Å². The molecule has 0 aliphatic carbocycles. The summed E-state index contributed by atoms with van der Waals surface area (Å²) in [6.07, 6.45) is 6.86. The van der Waals surface area contributed by atoms with E-state index in [1.54, 1.807) is 0 Å². The third-order valence-electron chi connectivity index (χ3n) is 4.51. The zero-order valence-corrected chi connectivity index (χ0v) is 15.8. The summed E-state index contributed by atoms with van der Waals surface area (Å²) in [4.78, 5) is 4.35. The van der Waals surface area contributed by atoms with Gasteiger partial charge in [0.05, 0.1) is 18.8 Å². The largest absolute Gasteiger partial charge is 0.493 e. The molecule has 0 saturated heterocycles. The molecule has 0 N–H and O–H groups in total. The van der Waals surface area contributed by atoms with Gasteiger partial charge < -0.3 is 14.0 Å². The van der Waals surface area contributed by atoms with E-state index in [4.69, 9.17) is 14.0 Å². The monoisotopic (exact) mass is 356 g/mol. The Labute approximate surface area is 155 Å². The van der Waals surface area contributed by atoms with Crippen LogP contribution in [-0.2, 0) is 11.2 Å². The highest BCUT2D eigenvalue weighted by Gasteiger charge is 2.11. The Morgan fingerprint density at radius 3 is 2.62 bits per heavy atom. The van der Waals surface area contributed by atoms with Crippen molar-refractivity contribution in [2.24, 2.45) is 4.99 Å². The van der Waals surface area contributed by atoms with Crippen LogP contribution in [0.1, 0.15) is 54.7 Å². The third-order valence-corrected chi connectivity index (χ3v) is 4.51. The second-order valence-electron chi connectivity index (χ2n) is 6.82. The van der Waals surface area contributed by atoms with Crippen molar-refractivity contribution in [1.82, 2.24) is 5.16 Å². The van der Waals surface area contributed by atoms with Gasteiger partial charge in [0.15, 0.2) is 0 Å². The molecule has 0 radical (unpaired) electrons. The van der Waals surface area contributed by atoms with Gasteiger partial charge in [-0.15, -0.1) is 0 Å². The maximum atomic E-state index is 5.93. The van der Waals surface area contributed by atoms with Crippen molar-refractivity contribution in [3.05, 3.63) is 46.8 Å². The minimum atomic E-state index is 0.685. The highest BCUT2D eigenvalue weighted by atomic mass is 16.5. The topological polar surface area (TPSA) is 56.9 Å². The van der Waals surface area contributed by atoms with Gasteiger partial charge in [0.2, 0.25) is 5.90 Å². The molecule has 26 heavy (non-hydrogen) atoms. The summed E-state index contributed by atoms with van der Waals surface area (Å²) in [5.74, 6) is 2.70. The fourth-order valence-corrected chi connectivity index (χ4v) is 3.10. The molecule has 2 heterocycles. The van der Waals surface area contributed by atoms with E-state index in [0.29, 0.717) is 6.61 Å². The smallest absolute Gasteiger partial charge is 0.216 e. The molecule has 1 aromatic carbocycles. The fraction of sp³-hybridized carbons (Fsp3) is 0.524. The summed E-state index contributed by atoms with van der Waals surface area (Å²) in [6, 6.07) is 8.16. The first kappa shape index (κ1) is 18.5. The Morgan fingerprint density at radius 2 is 1.88 bits per heavy atom. The molecular weight excluding hydrogens is 328 g/mol. The van der Waals surface area contributed by atoms with E-state index < -0.39 is 0 Å². The van der Waals surface area contributed by atoms with Crippen LogP contribution in [0.5, 0.6) is 5.75 Å². The van der Waals surface area contributed by atoms with E-state index in [0.717, 1.165) is 66.6 Å². The molecule has 0 bridgehead atoms. The van der Waals surface area contributed by atoms with Gasteiger partial charge in [0, 0.05) is 18.1 Å². The molecule has 5 heteroatoms. The van der Waals surface area contributed by atoms with Crippen LogP contribution in [-0.4, -0.2) is 30.8 Å². The van der Waals surface area contributed by atoms with Gasteiger partial charge in [-0.3, -0.25) is 0 Å². The van der Waals surface area contributed by atoms with Gasteiger partial charge in [-0.05, 0) is 50.5 Å². The molecule has 1 aliphatic heterocycles. The van der Waals surface area contributed by atoms with Crippen LogP contribution in [0.25, 0.3) is 0 Å². The molecule has 5 nitrogen and oxygen atoms in total. The van der Waals surface area contributed by atoms with Crippen LogP contribution in [0.15, 0.2) is 33.8 Å². The standard InChI is InChI=1S/C21H28N2O3/c1-16-14-18(21-22-11-13-25-21)9-10-20(16)24-12-7-5-3-4-6-8-19-15-17(2)23-26-19/h9-10,14-15H,3-8,11-13H2,1-2H3. The fourth-order valence-electron chi connectivity index (χ4n) is 3.10. The van der Waals surface area contributed by atoms with Crippen LogP contribution in [0.3, 0.4) is 0 Å². The quantitative estimate of drug-likeness (QED) is 0.582. The Hall–Kier alpha value is -2.30. The zero-order chi connectivity index (χ0) is 18.2. The van der Waals surface area contributed by atoms with Crippen molar-refractivity contribution in [1.29, 1.82) is 0 Å². The second kappa shape index (κ2) is 9.41. The molecule has 140 valence electrons. The zero-order valence-electron chi connectivity index (χ0n) is 15.8. The minimum absolute atomic E-state index is 0.685. The molecule has 1 aliphatic rings. The highest BCUT2D eigenvalue weighted by molar-refractivity contribution is 5.95. The lowest BCUT2D eigenvalue weighted by Crippen LogP contribution is -2.03. The lowest BCUT2D eigenvalue weighted by Gasteiger charge is -2.10. The number of ether oxygens (including phenoxy) is 2. The van der Waals surface area contributed by atoms with E-state index in [1.165, 1.54) is 19.3 Å². The molecule has 0 fully saturated rings. The summed E-state index contributed by atoms with van der Waals surface area (Å²) in [6.45, 7) is 6.23. The van der Waals surface area contributed by atoms with E-state index in [2.05, 4.69) is 23.1 Å². The first-order valence-corrected chi connectivity index (χ1v) is 9.55.